The van der Waals surface area contributed by atoms with E-state index in [0.29, 0.717) is 5.75 Å². The van der Waals surface area contributed by atoms with Crippen molar-refractivity contribution in [3.63, 3.8) is 0 Å². The summed E-state index contributed by atoms with van der Waals surface area (Å²) < 4.78 is 2.19. The molecule has 1 N–H and O–H groups in total. The summed E-state index contributed by atoms with van der Waals surface area (Å²) in [6.07, 6.45) is 8.02. The third kappa shape index (κ3) is 5.33. The van der Waals surface area contributed by atoms with Gasteiger partial charge in [-0.15, -0.1) is 11.8 Å². The third-order valence-electron chi connectivity index (χ3n) is 5.15. The summed E-state index contributed by atoms with van der Waals surface area (Å²) in [6.45, 7) is 14.0. The molecule has 2 aliphatic heterocycles. The third-order valence-corrected chi connectivity index (χ3v) is 6.21. The van der Waals surface area contributed by atoms with Crippen LogP contribution in [0.5, 0.6) is 5.75 Å². The van der Waals surface area contributed by atoms with Crippen molar-refractivity contribution in [1.29, 1.82) is 0 Å². The first-order chi connectivity index (χ1) is 13.6. The second-order valence-electron chi connectivity index (χ2n) is 9.75. The molecule has 0 saturated carbocycles. The molecule has 2 heterocycles. The van der Waals surface area contributed by atoms with Crippen LogP contribution >= 0.6 is 11.8 Å². The number of benzene rings is 1. The first-order valence-corrected chi connectivity index (χ1v) is 11.3. The number of phenols is 1. The number of aromatic hydroxyl groups is 1. The summed E-state index contributed by atoms with van der Waals surface area (Å²) >= 11 is 1.89. The Morgan fingerprint density at radius 2 is 1.55 bits per heavy atom. The minimum atomic E-state index is -0.0837. The van der Waals surface area contributed by atoms with Crippen molar-refractivity contribution >= 4 is 11.8 Å². The van der Waals surface area contributed by atoms with E-state index in [-0.39, 0.29) is 10.8 Å². The Labute approximate surface area is 179 Å². The van der Waals surface area contributed by atoms with E-state index in [1.807, 2.05) is 17.8 Å². The number of hydrogen-bond acceptors (Lipinski definition) is 4. The highest BCUT2D eigenvalue weighted by Crippen LogP contribution is 2.41. The predicted molar refractivity (Wildman–Crippen MR) is 122 cm³/mol. The van der Waals surface area contributed by atoms with Crippen LogP contribution < -0.4 is 0 Å². The minimum Gasteiger partial charge on any atom is -0.507 e. The van der Waals surface area contributed by atoms with Crippen molar-refractivity contribution in [2.45, 2.75) is 76.7 Å². The minimum absolute atomic E-state index is 0.0837. The highest BCUT2D eigenvalue weighted by molar-refractivity contribution is 7.99. The average molecular weight is 412 g/mol. The lowest BCUT2D eigenvalue weighted by molar-refractivity contribution is 0.422. The number of hydrogen-bond donors (Lipinski definition) is 1. The summed E-state index contributed by atoms with van der Waals surface area (Å²) in [6, 6.07) is 6.37. The van der Waals surface area contributed by atoms with E-state index in [9.17, 15) is 5.11 Å². The van der Waals surface area contributed by atoms with Crippen molar-refractivity contribution in [3.8, 4) is 17.1 Å². The molecular weight excluding hydrogens is 378 g/mol. The first kappa shape index (κ1) is 21.7. The maximum atomic E-state index is 10.9. The second-order valence-corrected chi connectivity index (χ2v) is 10.9. The fourth-order valence-electron chi connectivity index (χ4n) is 3.44. The maximum absolute atomic E-state index is 10.9. The standard InChI is InChI=1S/C24H33N3OS/c1-23(2,3)18-13-17(14-19(22(18)28)24(4,5)6)29-12-8-7-10-27-11-9-20-21(15-27)26-16-25-20/h9,11,13-16,28H,7-8,10,12H2,1-6H3. The second kappa shape index (κ2) is 8.39. The van der Waals surface area contributed by atoms with Gasteiger partial charge in [-0.1, -0.05) is 41.5 Å². The summed E-state index contributed by atoms with van der Waals surface area (Å²) in [5, 5.41) is 10.9. The predicted octanol–water partition coefficient (Wildman–Crippen LogP) is 6.26. The number of unbranched alkanes of at least 4 members (excludes halogenated alkanes) is 1. The van der Waals surface area contributed by atoms with E-state index in [1.165, 1.54) is 4.90 Å². The Kier molecular flexibility index (Phi) is 6.27. The Balaban J connectivity index is 1.62. The lowest BCUT2D eigenvalue weighted by Gasteiger charge is -2.28. The zero-order chi connectivity index (χ0) is 21.2. The summed E-state index contributed by atoms with van der Waals surface area (Å²) in [4.78, 5) is 9.73. The average Bonchev–Trinajstić information content (AvgIpc) is 3.08. The van der Waals surface area contributed by atoms with Crippen LogP contribution in [-0.2, 0) is 17.4 Å². The molecule has 0 fully saturated rings. The fraction of sp³-hybridized carbons (Fsp3) is 0.500. The lowest BCUT2D eigenvalue weighted by atomic mass is 9.79. The summed E-state index contributed by atoms with van der Waals surface area (Å²) in [7, 11) is 0. The Morgan fingerprint density at radius 3 is 2.17 bits per heavy atom. The van der Waals surface area contributed by atoms with Gasteiger partial charge in [0.15, 0.2) is 0 Å². The SMILES string of the molecule is CC(C)(C)c1cc(SCCCCn2ccc3ncnc-3c2)cc(C(C)(C)C)c1O. The first-order valence-electron chi connectivity index (χ1n) is 10.3. The van der Waals surface area contributed by atoms with Crippen LogP contribution in [-0.4, -0.2) is 25.4 Å². The van der Waals surface area contributed by atoms with Gasteiger partial charge in [0.05, 0.1) is 5.69 Å². The summed E-state index contributed by atoms with van der Waals surface area (Å²) in [5.41, 5.74) is 3.81. The normalized spacial score (nSPS) is 12.6. The number of imidazole rings is 1. The van der Waals surface area contributed by atoms with Gasteiger partial charge in [-0.3, -0.25) is 0 Å². The van der Waals surface area contributed by atoms with Crippen LogP contribution in [0.4, 0.5) is 0 Å². The van der Waals surface area contributed by atoms with Crippen LogP contribution in [0.1, 0.15) is 65.5 Å². The molecule has 1 aromatic rings. The number of phenolic OH excluding ortho intramolecular Hbond substituents is 1. The van der Waals surface area contributed by atoms with Crippen molar-refractivity contribution in [2.24, 2.45) is 0 Å². The van der Waals surface area contributed by atoms with E-state index in [1.54, 1.807) is 6.33 Å². The molecule has 0 saturated heterocycles. The number of rotatable bonds is 6. The van der Waals surface area contributed by atoms with Gasteiger partial charge in [-0.2, -0.15) is 0 Å². The molecule has 29 heavy (non-hydrogen) atoms. The van der Waals surface area contributed by atoms with Gasteiger partial charge in [0.2, 0.25) is 0 Å². The topological polar surface area (TPSA) is 50.9 Å². The zero-order valence-corrected chi connectivity index (χ0v) is 19.3. The van der Waals surface area contributed by atoms with Gasteiger partial charge in [0.1, 0.15) is 17.8 Å². The largest absolute Gasteiger partial charge is 0.507 e. The van der Waals surface area contributed by atoms with Crippen LogP contribution in [0, 0.1) is 0 Å². The number of aromatic nitrogens is 3. The van der Waals surface area contributed by atoms with Gasteiger partial charge in [-0.05, 0) is 47.6 Å². The molecule has 1 aromatic carbocycles. The van der Waals surface area contributed by atoms with Crippen LogP contribution in [0.2, 0.25) is 0 Å². The van der Waals surface area contributed by atoms with E-state index in [2.05, 4.69) is 80.6 Å². The molecule has 0 radical (unpaired) electrons. The zero-order valence-electron chi connectivity index (χ0n) is 18.5. The quantitative estimate of drug-likeness (QED) is 0.384. The Bertz CT molecular complexity index is 899. The number of pyridine rings is 1. The molecular formula is C24H33N3OS. The van der Waals surface area contributed by atoms with Crippen LogP contribution in [0.15, 0.2) is 41.8 Å². The van der Waals surface area contributed by atoms with Crippen molar-refractivity contribution in [2.75, 3.05) is 5.75 Å². The molecule has 156 valence electrons. The van der Waals surface area contributed by atoms with Crippen molar-refractivity contribution in [1.82, 2.24) is 14.5 Å². The Hall–Kier alpha value is -2.01. The monoisotopic (exact) mass is 411 g/mol. The molecule has 0 unspecified atom stereocenters. The molecule has 0 aliphatic carbocycles. The van der Waals surface area contributed by atoms with Gasteiger partial charge >= 0.3 is 0 Å². The fourth-order valence-corrected chi connectivity index (χ4v) is 4.43. The van der Waals surface area contributed by atoms with E-state index in [4.69, 9.17) is 0 Å². The lowest BCUT2D eigenvalue weighted by Crippen LogP contribution is -2.17. The molecule has 2 aliphatic rings. The van der Waals surface area contributed by atoms with Crippen LogP contribution in [0.3, 0.4) is 0 Å². The highest BCUT2D eigenvalue weighted by atomic mass is 32.2. The van der Waals surface area contributed by atoms with E-state index in [0.717, 1.165) is 47.7 Å². The number of nitrogens with zero attached hydrogens (tertiary/aromatic N) is 3. The molecule has 3 rings (SSSR count). The van der Waals surface area contributed by atoms with Crippen LogP contribution in [0.25, 0.3) is 11.4 Å². The molecule has 0 bridgehead atoms. The maximum Gasteiger partial charge on any atom is 0.123 e. The number of aryl methyl sites for hydroxylation is 1. The van der Waals surface area contributed by atoms with E-state index < -0.39 is 0 Å². The van der Waals surface area contributed by atoms with Gasteiger partial charge in [0.25, 0.3) is 0 Å². The van der Waals surface area contributed by atoms with Gasteiger partial charge in [-0.25, -0.2) is 9.97 Å². The smallest absolute Gasteiger partial charge is 0.123 e. The van der Waals surface area contributed by atoms with Crippen molar-refractivity contribution < 1.29 is 5.11 Å². The highest BCUT2D eigenvalue weighted by Gasteiger charge is 2.26. The Morgan fingerprint density at radius 1 is 0.931 bits per heavy atom. The number of thioether (sulfide) groups is 1. The van der Waals surface area contributed by atoms with Gasteiger partial charge in [0, 0.05) is 35.0 Å². The van der Waals surface area contributed by atoms with Gasteiger partial charge < -0.3 is 9.67 Å². The molecule has 0 amide bonds. The molecule has 5 heteroatoms. The molecule has 0 atom stereocenters. The molecule has 0 aromatic heterocycles. The van der Waals surface area contributed by atoms with Crippen molar-refractivity contribution in [3.05, 3.63) is 48.0 Å². The number of fused-ring (bicyclic) bond motifs is 1. The van der Waals surface area contributed by atoms with E-state index >= 15 is 0 Å². The molecule has 4 nitrogen and oxygen atoms in total. The molecule has 0 spiro atoms. The summed E-state index contributed by atoms with van der Waals surface area (Å²) in [5.74, 6) is 1.52.